The third-order valence-corrected chi connectivity index (χ3v) is 6.17. The monoisotopic (exact) mass is 416 g/mol. The molecule has 0 amide bonds. The molecule has 5 rings (SSSR count). The predicted molar refractivity (Wildman–Crippen MR) is 122 cm³/mol. The second kappa shape index (κ2) is 8.13. The molecular weight excluding hydrogens is 388 g/mol. The molecule has 0 spiro atoms. The number of anilines is 1. The van der Waals surface area contributed by atoms with Gasteiger partial charge in [0.15, 0.2) is 5.78 Å². The van der Waals surface area contributed by atoms with Crippen molar-refractivity contribution in [2.24, 2.45) is 11.8 Å². The minimum Gasteiger partial charge on any atom is -0.354 e. The summed E-state index contributed by atoms with van der Waals surface area (Å²) in [6, 6.07) is 4.07. The highest BCUT2D eigenvalue weighted by molar-refractivity contribution is 6.04. The summed E-state index contributed by atoms with van der Waals surface area (Å²) in [5.41, 5.74) is 4.42. The Morgan fingerprint density at radius 2 is 2.10 bits per heavy atom. The van der Waals surface area contributed by atoms with Gasteiger partial charge in [-0.2, -0.15) is 10.1 Å². The molecule has 0 unspecified atom stereocenters. The van der Waals surface area contributed by atoms with Crippen molar-refractivity contribution in [1.29, 1.82) is 0 Å². The summed E-state index contributed by atoms with van der Waals surface area (Å²) in [6.45, 7) is 5.13. The number of rotatable bonds is 6. The first-order valence-corrected chi connectivity index (χ1v) is 11.2. The highest BCUT2D eigenvalue weighted by Gasteiger charge is 2.25. The van der Waals surface area contributed by atoms with Gasteiger partial charge in [0, 0.05) is 42.0 Å². The van der Waals surface area contributed by atoms with E-state index in [-0.39, 0.29) is 11.7 Å². The van der Waals surface area contributed by atoms with Crippen LogP contribution < -0.4 is 5.32 Å². The van der Waals surface area contributed by atoms with Crippen LogP contribution in [0.5, 0.6) is 0 Å². The molecule has 4 aromatic heterocycles. The van der Waals surface area contributed by atoms with Gasteiger partial charge in [0.05, 0.1) is 17.3 Å². The largest absolute Gasteiger partial charge is 0.354 e. The van der Waals surface area contributed by atoms with Crippen molar-refractivity contribution in [1.82, 2.24) is 24.6 Å². The van der Waals surface area contributed by atoms with Gasteiger partial charge in [0.1, 0.15) is 5.65 Å². The van der Waals surface area contributed by atoms with E-state index < -0.39 is 0 Å². The lowest BCUT2D eigenvalue weighted by atomic mass is 9.84. The van der Waals surface area contributed by atoms with Gasteiger partial charge in [-0.3, -0.25) is 4.79 Å². The van der Waals surface area contributed by atoms with Crippen LogP contribution >= 0.6 is 0 Å². The van der Waals surface area contributed by atoms with Crippen LogP contribution in [0.3, 0.4) is 0 Å². The molecule has 0 radical (unpaired) electrons. The number of H-pyrrole nitrogens is 1. The standard InChI is InChI=1S/C24H28N6O/c1-15(2)11-26-24-27-13-19-18(12-25-23(19)29-24)17-8-9-30-21(10-17)20(14-28-30)22(31)16-6-4-3-5-7-16/h8-10,12-16H,3-7,11H2,1-2H3,(H2,25,26,27,29). The zero-order chi connectivity index (χ0) is 21.4. The summed E-state index contributed by atoms with van der Waals surface area (Å²) in [7, 11) is 0. The maximum absolute atomic E-state index is 13.1. The fraction of sp³-hybridized carbons (Fsp3) is 0.417. The molecule has 1 aliphatic carbocycles. The van der Waals surface area contributed by atoms with Gasteiger partial charge in [0.25, 0.3) is 0 Å². The number of aromatic amines is 1. The second-order valence-electron chi connectivity index (χ2n) is 8.94. The Morgan fingerprint density at radius 1 is 1.26 bits per heavy atom. The minimum absolute atomic E-state index is 0.128. The number of nitrogens with zero attached hydrogens (tertiary/aromatic N) is 4. The Bertz CT molecular complexity index is 1230. The van der Waals surface area contributed by atoms with Crippen LogP contribution in [0.25, 0.3) is 27.7 Å². The van der Waals surface area contributed by atoms with E-state index in [4.69, 9.17) is 0 Å². The Kier molecular flexibility index (Phi) is 5.18. The fourth-order valence-corrected chi connectivity index (χ4v) is 4.45. The number of aromatic nitrogens is 5. The fourth-order valence-electron chi connectivity index (χ4n) is 4.45. The van der Waals surface area contributed by atoms with Crippen molar-refractivity contribution in [3.63, 3.8) is 0 Å². The summed E-state index contributed by atoms with van der Waals surface area (Å²) in [5.74, 6) is 1.51. The van der Waals surface area contributed by atoms with Crippen molar-refractivity contribution in [2.45, 2.75) is 46.0 Å². The van der Waals surface area contributed by atoms with Crippen LogP contribution in [0.1, 0.15) is 56.3 Å². The number of Topliss-reactive ketones (excluding diaryl/α,β-unsaturated/α-hetero) is 1. The topological polar surface area (TPSA) is 88.0 Å². The third kappa shape index (κ3) is 3.80. The van der Waals surface area contributed by atoms with Crippen LogP contribution in [-0.2, 0) is 0 Å². The van der Waals surface area contributed by atoms with Crippen LogP contribution in [-0.4, -0.2) is 36.9 Å². The van der Waals surface area contributed by atoms with Gasteiger partial charge >= 0.3 is 0 Å². The summed E-state index contributed by atoms with van der Waals surface area (Å²) in [5, 5.41) is 8.64. The molecule has 0 saturated heterocycles. The lowest BCUT2D eigenvalue weighted by molar-refractivity contribution is 0.0891. The third-order valence-electron chi connectivity index (χ3n) is 6.17. The summed E-state index contributed by atoms with van der Waals surface area (Å²) in [4.78, 5) is 25.5. The van der Waals surface area contributed by atoms with Gasteiger partial charge in [0.2, 0.25) is 5.95 Å². The number of hydrogen-bond donors (Lipinski definition) is 2. The molecule has 4 heterocycles. The number of carbonyl (C=O) groups is 1. The summed E-state index contributed by atoms with van der Waals surface area (Å²) >= 11 is 0. The highest BCUT2D eigenvalue weighted by atomic mass is 16.1. The first-order valence-electron chi connectivity index (χ1n) is 11.2. The Hall–Kier alpha value is -3.22. The molecule has 0 aliphatic heterocycles. The number of hydrogen-bond acceptors (Lipinski definition) is 5. The molecule has 7 heteroatoms. The smallest absolute Gasteiger partial charge is 0.224 e. The maximum atomic E-state index is 13.1. The second-order valence-corrected chi connectivity index (χ2v) is 8.94. The quantitative estimate of drug-likeness (QED) is 0.427. The Morgan fingerprint density at radius 3 is 2.90 bits per heavy atom. The maximum Gasteiger partial charge on any atom is 0.224 e. The van der Waals surface area contributed by atoms with Crippen LogP contribution in [0.4, 0.5) is 5.95 Å². The molecule has 7 nitrogen and oxygen atoms in total. The number of ketones is 1. The van der Waals surface area contributed by atoms with E-state index in [1.165, 1.54) is 6.42 Å². The average molecular weight is 417 g/mol. The zero-order valence-electron chi connectivity index (χ0n) is 18.1. The van der Waals surface area contributed by atoms with Gasteiger partial charge in [-0.05, 0) is 36.5 Å². The van der Waals surface area contributed by atoms with Crippen molar-refractivity contribution in [2.75, 3.05) is 11.9 Å². The summed E-state index contributed by atoms with van der Waals surface area (Å²) < 4.78 is 1.79. The molecular formula is C24H28N6O. The van der Waals surface area contributed by atoms with E-state index in [0.29, 0.717) is 11.9 Å². The van der Waals surface area contributed by atoms with Gasteiger partial charge in [-0.25, -0.2) is 9.50 Å². The molecule has 1 aliphatic rings. The number of pyridine rings is 1. The lowest BCUT2D eigenvalue weighted by Crippen LogP contribution is -2.17. The van der Waals surface area contributed by atoms with Crippen molar-refractivity contribution in [3.8, 4) is 11.1 Å². The molecule has 160 valence electrons. The van der Waals surface area contributed by atoms with Gasteiger partial charge in [-0.1, -0.05) is 33.1 Å². The van der Waals surface area contributed by atoms with E-state index in [1.54, 1.807) is 10.7 Å². The number of carbonyl (C=O) groups excluding carboxylic acids is 1. The van der Waals surface area contributed by atoms with E-state index in [9.17, 15) is 4.79 Å². The minimum atomic E-state index is 0.128. The molecule has 2 N–H and O–H groups in total. The van der Waals surface area contributed by atoms with E-state index in [2.05, 4.69) is 45.3 Å². The van der Waals surface area contributed by atoms with E-state index in [1.807, 2.05) is 24.7 Å². The molecule has 1 fully saturated rings. The molecule has 31 heavy (non-hydrogen) atoms. The van der Waals surface area contributed by atoms with Crippen LogP contribution in [0, 0.1) is 11.8 Å². The molecule has 1 saturated carbocycles. The van der Waals surface area contributed by atoms with Crippen molar-refractivity contribution >= 4 is 28.3 Å². The highest BCUT2D eigenvalue weighted by Crippen LogP contribution is 2.31. The first-order chi connectivity index (χ1) is 15.1. The van der Waals surface area contributed by atoms with Crippen LogP contribution in [0.2, 0.25) is 0 Å². The molecule has 4 aromatic rings. The number of nitrogens with one attached hydrogen (secondary N) is 2. The molecule has 0 atom stereocenters. The number of fused-ring (bicyclic) bond motifs is 2. The van der Waals surface area contributed by atoms with Crippen LogP contribution in [0.15, 0.2) is 36.9 Å². The van der Waals surface area contributed by atoms with Crippen molar-refractivity contribution in [3.05, 3.63) is 42.5 Å². The van der Waals surface area contributed by atoms with E-state index >= 15 is 0 Å². The predicted octanol–water partition coefficient (Wildman–Crippen LogP) is 5.10. The Labute approximate surface area is 181 Å². The zero-order valence-corrected chi connectivity index (χ0v) is 18.1. The normalized spacial score (nSPS) is 15.2. The van der Waals surface area contributed by atoms with Gasteiger partial charge < -0.3 is 10.3 Å². The van der Waals surface area contributed by atoms with E-state index in [0.717, 1.165) is 65.5 Å². The lowest BCUT2D eigenvalue weighted by Gasteiger charge is -2.19. The average Bonchev–Trinajstić information content (AvgIpc) is 3.41. The molecule has 0 aromatic carbocycles. The van der Waals surface area contributed by atoms with Crippen molar-refractivity contribution < 1.29 is 4.79 Å². The summed E-state index contributed by atoms with van der Waals surface area (Å²) in [6.07, 6.45) is 12.9. The SMILES string of the molecule is CC(C)CNc1ncc2c(-c3ccn4ncc(C(=O)C5CCCCC5)c4c3)c[nH]c2n1. The first kappa shape index (κ1) is 19.7. The Balaban J connectivity index is 1.49. The molecule has 0 bridgehead atoms. The van der Waals surface area contributed by atoms with Gasteiger partial charge in [-0.15, -0.1) is 0 Å².